The molecule has 2 aliphatic rings. The largest absolute Gasteiger partial charge is 0.481 e. The molecule has 0 radical (unpaired) electrons. The first-order chi connectivity index (χ1) is 9.13. The summed E-state index contributed by atoms with van der Waals surface area (Å²) in [7, 11) is 0. The fourth-order valence-corrected chi connectivity index (χ4v) is 2.86. The smallest absolute Gasteiger partial charge is 0.311 e. The summed E-state index contributed by atoms with van der Waals surface area (Å²) >= 11 is 0. The van der Waals surface area contributed by atoms with E-state index in [1.807, 2.05) is 6.92 Å². The average molecular weight is 269 g/mol. The molecule has 1 heterocycles. The van der Waals surface area contributed by atoms with Crippen LogP contribution in [-0.4, -0.2) is 47.7 Å². The second kappa shape index (κ2) is 6.37. The highest BCUT2D eigenvalue weighted by atomic mass is 16.5. The highest BCUT2D eigenvalue weighted by molar-refractivity contribution is 5.79. The molecule has 2 rings (SSSR count). The number of hydrogen-bond donors (Lipinski definition) is 1. The van der Waals surface area contributed by atoms with E-state index < -0.39 is 11.9 Å². The third-order valence-electron chi connectivity index (χ3n) is 4.24. The molecule has 0 bridgehead atoms. The van der Waals surface area contributed by atoms with Crippen LogP contribution in [0.2, 0.25) is 0 Å². The van der Waals surface area contributed by atoms with Crippen molar-refractivity contribution in [2.24, 2.45) is 11.8 Å². The van der Waals surface area contributed by atoms with Crippen molar-refractivity contribution in [3.63, 3.8) is 0 Å². The topological polar surface area (TPSA) is 66.8 Å². The zero-order valence-corrected chi connectivity index (χ0v) is 11.5. The first kappa shape index (κ1) is 14.3. The lowest BCUT2D eigenvalue weighted by Gasteiger charge is -2.33. The van der Waals surface area contributed by atoms with E-state index in [4.69, 9.17) is 4.74 Å². The van der Waals surface area contributed by atoms with Crippen LogP contribution < -0.4 is 0 Å². The van der Waals surface area contributed by atoms with E-state index in [9.17, 15) is 14.7 Å². The molecule has 108 valence electrons. The standard InChI is InChI=1S/C14H23NO4/c1-2-6-15(13(16)7-10-4-3-5-10)12-9-19-8-11(12)14(17)18/h10-12H,2-9H2,1H3,(H,17,18). The summed E-state index contributed by atoms with van der Waals surface area (Å²) in [4.78, 5) is 25.3. The summed E-state index contributed by atoms with van der Waals surface area (Å²) in [6.45, 7) is 3.21. The van der Waals surface area contributed by atoms with Crippen molar-refractivity contribution < 1.29 is 19.4 Å². The SMILES string of the molecule is CCCN(C(=O)CC1CCC1)C1COCC1C(=O)O. The number of amides is 1. The van der Waals surface area contributed by atoms with Gasteiger partial charge in [0.2, 0.25) is 5.91 Å². The number of carbonyl (C=O) groups excluding carboxylic acids is 1. The molecular weight excluding hydrogens is 246 g/mol. The van der Waals surface area contributed by atoms with Crippen LogP contribution in [0.25, 0.3) is 0 Å². The Balaban J connectivity index is 2.00. The molecule has 1 amide bonds. The van der Waals surface area contributed by atoms with Gasteiger partial charge in [-0.2, -0.15) is 0 Å². The fourth-order valence-electron chi connectivity index (χ4n) is 2.86. The van der Waals surface area contributed by atoms with Crippen molar-refractivity contribution in [3.8, 4) is 0 Å². The van der Waals surface area contributed by atoms with Gasteiger partial charge in [-0.25, -0.2) is 0 Å². The van der Waals surface area contributed by atoms with Crippen LogP contribution in [0.15, 0.2) is 0 Å². The lowest BCUT2D eigenvalue weighted by atomic mass is 9.82. The molecule has 1 aliphatic heterocycles. The molecule has 1 N–H and O–H groups in total. The highest BCUT2D eigenvalue weighted by Crippen LogP contribution is 2.31. The van der Waals surface area contributed by atoms with Gasteiger partial charge in [0, 0.05) is 13.0 Å². The lowest BCUT2D eigenvalue weighted by molar-refractivity contribution is -0.145. The first-order valence-electron chi connectivity index (χ1n) is 7.23. The number of ether oxygens (including phenoxy) is 1. The average Bonchev–Trinajstić information content (AvgIpc) is 2.79. The van der Waals surface area contributed by atoms with Gasteiger partial charge >= 0.3 is 5.97 Å². The highest BCUT2D eigenvalue weighted by Gasteiger charge is 2.40. The Bertz CT molecular complexity index is 340. The number of carboxylic acids is 1. The third-order valence-corrected chi connectivity index (χ3v) is 4.24. The Labute approximate surface area is 113 Å². The number of rotatable bonds is 6. The van der Waals surface area contributed by atoms with Crippen LogP contribution in [0.5, 0.6) is 0 Å². The van der Waals surface area contributed by atoms with Crippen molar-refractivity contribution >= 4 is 11.9 Å². The summed E-state index contributed by atoms with van der Waals surface area (Å²) in [6, 6.07) is -0.287. The van der Waals surface area contributed by atoms with Crippen molar-refractivity contribution in [2.75, 3.05) is 19.8 Å². The number of carbonyl (C=O) groups is 2. The van der Waals surface area contributed by atoms with Gasteiger partial charge in [-0.1, -0.05) is 13.3 Å². The van der Waals surface area contributed by atoms with E-state index in [1.165, 1.54) is 6.42 Å². The van der Waals surface area contributed by atoms with Gasteiger partial charge in [0.1, 0.15) is 5.92 Å². The van der Waals surface area contributed by atoms with E-state index in [0.29, 0.717) is 25.5 Å². The van der Waals surface area contributed by atoms with Gasteiger partial charge in [0.05, 0.1) is 19.3 Å². The molecule has 2 unspecified atom stereocenters. The zero-order valence-electron chi connectivity index (χ0n) is 11.5. The van der Waals surface area contributed by atoms with Crippen LogP contribution in [0.3, 0.4) is 0 Å². The number of aliphatic carboxylic acids is 1. The Hall–Kier alpha value is -1.10. The van der Waals surface area contributed by atoms with Gasteiger partial charge < -0.3 is 14.7 Å². The van der Waals surface area contributed by atoms with Gasteiger partial charge in [0.15, 0.2) is 0 Å². The van der Waals surface area contributed by atoms with Crippen molar-refractivity contribution in [3.05, 3.63) is 0 Å². The van der Waals surface area contributed by atoms with Crippen molar-refractivity contribution in [1.82, 2.24) is 4.90 Å². The van der Waals surface area contributed by atoms with E-state index in [0.717, 1.165) is 19.3 Å². The molecule has 1 saturated carbocycles. The van der Waals surface area contributed by atoms with Gasteiger partial charge in [-0.3, -0.25) is 9.59 Å². The summed E-state index contributed by atoms with van der Waals surface area (Å²) in [5.41, 5.74) is 0. The van der Waals surface area contributed by atoms with Crippen molar-refractivity contribution in [1.29, 1.82) is 0 Å². The van der Waals surface area contributed by atoms with E-state index in [-0.39, 0.29) is 18.6 Å². The van der Waals surface area contributed by atoms with Crippen LogP contribution in [-0.2, 0) is 14.3 Å². The van der Waals surface area contributed by atoms with Crippen LogP contribution in [0, 0.1) is 11.8 Å². The summed E-state index contributed by atoms with van der Waals surface area (Å²) in [6.07, 6.45) is 4.91. The Morgan fingerprint density at radius 3 is 2.58 bits per heavy atom. The maximum atomic E-state index is 12.4. The number of hydrogen-bond acceptors (Lipinski definition) is 3. The van der Waals surface area contributed by atoms with Crippen LogP contribution in [0.4, 0.5) is 0 Å². The minimum absolute atomic E-state index is 0.105. The molecule has 0 aromatic rings. The molecule has 2 atom stereocenters. The Morgan fingerprint density at radius 1 is 1.32 bits per heavy atom. The second-order valence-corrected chi connectivity index (χ2v) is 5.64. The van der Waals surface area contributed by atoms with Gasteiger partial charge in [-0.15, -0.1) is 0 Å². The quantitative estimate of drug-likeness (QED) is 0.794. The summed E-state index contributed by atoms with van der Waals surface area (Å²) < 4.78 is 5.28. The monoisotopic (exact) mass is 269 g/mol. The van der Waals surface area contributed by atoms with E-state index in [2.05, 4.69) is 0 Å². The number of carboxylic acid groups (broad SMARTS) is 1. The minimum Gasteiger partial charge on any atom is -0.481 e. The van der Waals surface area contributed by atoms with E-state index in [1.54, 1.807) is 4.90 Å². The molecule has 5 heteroatoms. The third kappa shape index (κ3) is 3.26. The Morgan fingerprint density at radius 2 is 2.05 bits per heavy atom. The summed E-state index contributed by atoms with van der Waals surface area (Å²) in [5, 5.41) is 9.20. The molecule has 0 aromatic carbocycles. The van der Waals surface area contributed by atoms with Gasteiger partial charge in [0.25, 0.3) is 0 Å². The van der Waals surface area contributed by atoms with Crippen molar-refractivity contribution in [2.45, 2.75) is 45.1 Å². The maximum Gasteiger partial charge on any atom is 0.311 e. The second-order valence-electron chi connectivity index (χ2n) is 5.64. The van der Waals surface area contributed by atoms with Gasteiger partial charge in [-0.05, 0) is 25.2 Å². The molecule has 1 aliphatic carbocycles. The molecule has 0 spiro atoms. The molecule has 1 saturated heterocycles. The lowest BCUT2D eigenvalue weighted by Crippen LogP contribution is -2.47. The predicted octanol–water partition coefficient (Wildman–Crippen LogP) is 1.51. The molecule has 5 nitrogen and oxygen atoms in total. The molecule has 0 aromatic heterocycles. The predicted molar refractivity (Wildman–Crippen MR) is 69.7 cm³/mol. The Kier molecular flexibility index (Phi) is 4.80. The fraction of sp³-hybridized carbons (Fsp3) is 0.857. The first-order valence-corrected chi connectivity index (χ1v) is 7.23. The van der Waals surface area contributed by atoms with Crippen LogP contribution in [0.1, 0.15) is 39.0 Å². The summed E-state index contributed by atoms with van der Waals surface area (Å²) in [5.74, 6) is -0.817. The normalized spacial score (nSPS) is 27.0. The maximum absolute atomic E-state index is 12.4. The minimum atomic E-state index is -0.861. The molecular formula is C14H23NO4. The number of nitrogens with zero attached hydrogens (tertiary/aromatic N) is 1. The van der Waals surface area contributed by atoms with Crippen LogP contribution >= 0.6 is 0 Å². The molecule has 2 fully saturated rings. The van der Waals surface area contributed by atoms with E-state index >= 15 is 0 Å². The zero-order chi connectivity index (χ0) is 13.8. The molecule has 19 heavy (non-hydrogen) atoms.